The molecule has 1 aliphatic rings. The Morgan fingerprint density at radius 1 is 0.833 bits per heavy atom. The topological polar surface area (TPSA) is 32.6 Å². The molecule has 0 spiro atoms. The van der Waals surface area contributed by atoms with E-state index >= 15 is 0 Å². The molecule has 1 atom stereocenters. The zero-order chi connectivity index (χ0) is 20.3. The minimum absolute atomic E-state index is 0. The summed E-state index contributed by atoms with van der Waals surface area (Å²) in [4.78, 5) is 4.84. The van der Waals surface area contributed by atoms with Gasteiger partial charge in [-0.15, -0.1) is 11.8 Å². The van der Waals surface area contributed by atoms with Gasteiger partial charge in [0, 0.05) is 5.92 Å². The molecule has 3 aromatic rings. The Morgan fingerprint density at radius 2 is 1.23 bits per heavy atom. The van der Waals surface area contributed by atoms with Crippen LogP contribution in [0.4, 0.5) is 0 Å². The van der Waals surface area contributed by atoms with E-state index in [-0.39, 0.29) is 12.4 Å². The molecule has 0 aromatic heterocycles. The van der Waals surface area contributed by atoms with E-state index in [0.29, 0.717) is 17.8 Å². The molecule has 1 aliphatic heterocycles. The van der Waals surface area contributed by atoms with E-state index < -0.39 is 13.0 Å². The number of rotatable bonds is 6. The zero-order valence-electron chi connectivity index (χ0n) is 17.3. The molecule has 30 heavy (non-hydrogen) atoms. The SMILES string of the molecule is CC(C)C1=NC(O)(C[P+](c2ccccc2)(c2ccccc2)c2ccccc2)CS1.[Cl-]. The fourth-order valence-corrected chi connectivity index (χ4v) is 9.68. The highest BCUT2D eigenvalue weighted by atomic mass is 35.5. The van der Waals surface area contributed by atoms with Gasteiger partial charge in [-0.3, -0.25) is 0 Å². The molecule has 1 heterocycles. The Kier molecular flexibility index (Phi) is 7.42. The van der Waals surface area contributed by atoms with Crippen molar-refractivity contribution in [2.24, 2.45) is 10.9 Å². The van der Waals surface area contributed by atoms with E-state index in [0.717, 1.165) is 5.04 Å². The third kappa shape index (κ3) is 4.50. The third-order valence-corrected chi connectivity index (χ3v) is 11.3. The molecule has 156 valence electrons. The van der Waals surface area contributed by atoms with Gasteiger partial charge in [0.05, 0.1) is 10.8 Å². The highest BCUT2D eigenvalue weighted by Gasteiger charge is 2.53. The summed E-state index contributed by atoms with van der Waals surface area (Å²) < 4.78 is 0. The van der Waals surface area contributed by atoms with Gasteiger partial charge in [0.2, 0.25) is 5.72 Å². The third-order valence-electron chi connectivity index (χ3n) is 5.34. The predicted molar refractivity (Wildman–Crippen MR) is 130 cm³/mol. The lowest BCUT2D eigenvalue weighted by molar-refractivity contribution is -0.0000118. The number of hydrogen-bond donors (Lipinski definition) is 1. The fourth-order valence-electron chi connectivity index (χ4n) is 3.98. The van der Waals surface area contributed by atoms with Crippen LogP contribution in [0.5, 0.6) is 0 Å². The molecule has 4 rings (SSSR count). The second-order valence-corrected chi connectivity index (χ2v) is 12.3. The van der Waals surface area contributed by atoms with Crippen molar-refractivity contribution in [1.82, 2.24) is 0 Å². The maximum Gasteiger partial charge on any atom is 0.201 e. The Bertz CT molecular complexity index is 885. The van der Waals surface area contributed by atoms with Crippen LogP contribution in [0.2, 0.25) is 0 Å². The van der Waals surface area contributed by atoms with Crippen molar-refractivity contribution < 1.29 is 17.5 Å². The first-order chi connectivity index (χ1) is 14.0. The minimum Gasteiger partial charge on any atom is -1.00 e. The molecular formula is C25H27ClNOPS. The van der Waals surface area contributed by atoms with Gasteiger partial charge >= 0.3 is 0 Å². The maximum atomic E-state index is 11.6. The van der Waals surface area contributed by atoms with Crippen molar-refractivity contribution in [3.05, 3.63) is 91.0 Å². The van der Waals surface area contributed by atoms with Gasteiger partial charge in [0.25, 0.3) is 0 Å². The van der Waals surface area contributed by atoms with E-state index in [9.17, 15) is 5.11 Å². The second kappa shape index (κ2) is 9.66. The van der Waals surface area contributed by atoms with Gasteiger partial charge in [-0.2, -0.15) is 0 Å². The summed E-state index contributed by atoms with van der Waals surface area (Å²) in [6, 6.07) is 32.1. The highest BCUT2D eigenvalue weighted by Crippen LogP contribution is 2.58. The van der Waals surface area contributed by atoms with E-state index in [4.69, 9.17) is 4.99 Å². The maximum absolute atomic E-state index is 11.6. The number of nitrogens with zero attached hydrogens (tertiary/aromatic N) is 1. The molecule has 2 nitrogen and oxygen atoms in total. The largest absolute Gasteiger partial charge is 1.00 e. The Morgan fingerprint density at radius 3 is 1.57 bits per heavy atom. The van der Waals surface area contributed by atoms with Crippen LogP contribution in [0.1, 0.15) is 13.8 Å². The van der Waals surface area contributed by atoms with Crippen LogP contribution in [-0.2, 0) is 0 Å². The van der Waals surface area contributed by atoms with Gasteiger partial charge in [-0.05, 0) is 36.4 Å². The van der Waals surface area contributed by atoms with Gasteiger partial charge < -0.3 is 17.5 Å². The normalized spacial score (nSPS) is 18.7. The van der Waals surface area contributed by atoms with Crippen molar-refractivity contribution in [2.45, 2.75) is 19.6 Å². The number of hydrogen-bond acceptors (Lipinski definition) is 3. The highest BCUT2D eigenvalue weighted by molar-refractivity contribution is 8.14. The van der Waals surface area contributed by atoms with Crippen molar-refractivity contribution in [3.63, 3.8) is 0 Å². The molecule has 0 bridgehead atoms. The number of aliphatic hydroxyl groups is 1. The van der Waals surface area contributed by atoms with Crippen LogP contribution < -0.4 is 28.3 Å². The monoisotopic (exact) mass is 455 g/mol. The van der Waals surface area contributed by atoms with E-state index in [1.54, 1.807) is 11.8 Å². The molecule has 0 saturated heterocycles. The molecule has 5 heteroatoms. The molecular weight excluding hydrogens is 429 g/mol. The average molecular weight is 456 g/mol. The standard InChI is InChI=1S/C25H27NOPS.ClH/c1-20(2)24-26-25(27,19-29-24)18-28(21-12-6-3-7-13-21,22-14-8-4-9-15-22)23-16-10-5-11-17-23;/h3-17,20,27H,18-19H2,1-2H3;1H/q+1;/p-1. The van der Waals surface area contributed by atoms with Gasteiger partial charge in [0.1, 0.15) is 29.3 Å². The lowest BCUT2D eigenvalue weighted by atomic mass is 10.2. The van der Waals surface area contributed by atoms with Crippen molar-refractivity contribution in [3.8, 4) is 0 Å². The molecule has 0 radical (unpaired) electrons. The smallest absolute Gasteiger partial charge is 0.201 e. The quantitative estimate of drug-likeness (QED) is 0.571. The van der Waals surface area contributed by atoms with Crippen molar-refractivity contribution in [2.75, 3.05) is 11.9 Å². The number of halogens is 1. The van der Waals surface area contributed by atoms with Crippen LogP contribution in [0.25, 0.3) is 0 Å². The molecule has 0 fully saturated rings. The summed E-state index contributed by atoms with van der Waals surface area (Å²) in [6.45, 7) is 4.29. The zero-order valence-corrected chi connectivity index (χ0v) is 19.7. The van der Waals surface area contributed by atoms with Crippen molar-refractivity contribution in [1.29, 1.82) is 0 Å². The van der Waals surface area contributed by atoms with Crippen LogP contribution in [0.3, 0.4) is 0 Å². The Labute approximate surface area is 190 Å². The van der Waals surface area contributed by atoms with Crippen LogP contribution in [-0.4, -0.2) is 27.8 Å². The average Bonchev–Trinajstić information content (AvgIpc) is 3.16. The summed E-state index contributed by atoms with van der Waals surface area (Å²) in [7, 11) is -2.09. The van der Waals surface area contributed by atoms with E-state index in [2.05, 4.69) is 105 Å². The van der Waals surface area contributed by atoms with Crippen LogP contribution in [0.15, 0.2) is 96.0 Å². The van der Waals surface area contributed by atoms with Crippen LogP contribution in [0, 0.1) is 5.92 Å². The minimum atomic E-state index is -2.09. The summed E-state index contributed by atoms with van der Waals surface area (Å²) in [5, 5.41) is 16.5. The number of aliphatic imine (C=N–C) groups is 1. The summed E-state index contributed by atoms with van der Waals surface area (Å²) in [6.07, 6.45) is 0.612. The molecule has 3 aromatic carbocycles. The van der Waals surface area contributed by atoms with Crippen LogP contribution >= 0.6 is 19.0 Å². The van der Waals surface area contributed by atoms with Gasteiger partial charge in [-0.1, -0.05) is 68.4 Å². The summed E-state index contributed by atoms with van der Waals surface area (Å²) in [5.41, 5.74) is -1.06. The fraction of sp³-hybridized carbons (Fsp3) is 0.240. The van der Waals surface area contributed by atoms with E-state index in [1.165, 1.54) is 15.9 Å². The first-order valence-electron chi connectivity index (χ1n) is 10.0. The van der Waals surface area contributed by atoms with Crippen molar-refractivity contribution >= 4 is 40.0 Å². The van der Waals surface area contributed by atoms with Gasteiger partial charge in [0.15, 0.2) is 0 Å². The first kappa shape index (κ1) is 23.0. The molecule has 0 aliphatic carbocycles. The first-order valence-corrected chi connectivity index (χ1v) is 13.0. The second-order valence-electron chi connectivity index (χ2n) is 7.85. The summed E-state index contributed by atoms with van der Waals surface area (Å²) >= 11 is 1.70. The molecule has 0 amide bonds. The number of benzene rings is 3. The van der Waals surface area contributed by atoms with E-state index in [1.807, 2.05) is 0 Å². The molecule has 1 unspecified atom stereocenters. The Hall–Kier alpha value is -1.64. The Balaban J connectivity index is 0.00000256. The molecule has 0 saturated carbocycles. The summed E-state index contributed by atoms with van der Waals surface area (Å²) in [5.74, 6) is 0.960. The lowest BCUT2D eigenvalue weighted by Gasteiger charge is -2.32. The predicted octanol–water partition coefficient (Wildman–Crippen LogP) is 1.47. The lowest BCUT2D eigenvalue weighted by Crippen LogP contribution is -3.00. The van der Waals surface area contributed by atoms with Gasteiger partial charge in [-0.25, -0.2) is 4.99 Å². The molecule has 1 N–H and O–H groups in total. The number of thioether (sulfide) groups is 1.